The highest BCUT2D eigenvalue weighted by Crippen LogP contribution is 2.58. The Bertz CT molecular complexity index is 1680. The Hall–Kier alpha value is -3.45. The van der Waals surface area contributed by atoms with Gasteiger partial charge in [-0.1, -0.05) is 45.4 Å². The first-order chi connectivity index (χ1) is 23.6. The number of nitrogens with one attached hydrogen (secondary N) is 1. The molecular weight excluding hydrogens is 636 g/mol. The van der Waals surface area contributed by atoms with Gasteiger partial charge in [-0.25, -0.2) is 4.79 Å². The predicted molar refractivity (Wildman–Crippen MR) is 193 cm³/mol. The van der Waals surface area contributed by atoms with Gasteiger partial charge in [0.25, 0.3) is 0 Å². The Morgan fingerprint density at radius 3 is 2.67 bits per heavy atom. The summed E-state index contributed by atoms with van der Waals surface area (Å²) in [5.74, 6) is 3.35. The van der Waals surface area contributed by atoms with Crippen LogP contribution >= 0.6 is 11.6 Å². The third-order valence-electron chi connectivity index (χ3n) is 12.0. The summed E-state index contributed by atoms with van der Waals surface area (Å²) in [4.78, 5) is 17.7. The van der Waals surface area contributed by atoms with Crippen molar-refractivity contribution in [3.8, 4) is 17.2 Å². The lowest BCUT2D eigenvalue weighted by Crippen LogP contribution is -2.53. The summed E-state index contributed by atoms with van der Waals surface area (Å²) in [7, 11) is 0. The Morgan fingerprint density at radius 1 is 1.10 bits per heavy atom. The molecule has 0 unspecified atom stereocenters. The van der Waals surface area contributed by atoms with Crippen LogP contribution < -0.4 is 19.5 Å². The van der Waals surface area contributed by atoms with Gasteiger partial charge in [-0.05, 0) is 134 Å². The first kappa shape index (κ1) is 34.0. The number of hydrogen-bond donors (Lipinski definition) is 2. The average molecular weight is 687 g/mol. The zero-order valence-electron chi connectivity index (χ0n) is 29.4. The minimum absolute atomic E-state index is 0.118. The average Bonchev–Trinajstić information content (AvgIpc) is 3.19. The van der Waals surface area contributed by atoms with Crippen LogP contribution in [0.5, 0.6) is 17.2 Å². The van der Waals surface area contributed by atoms with Crippen LogP contribution in [0, 0.1) is 17.8 Å². The second kappa shape index (κ2) is 13.7. The molecule has 262 valence electrons. The third kappa shape index (κ3) is 6.60. The van der Waals surface area contributed by atoms with Crippen LogP contribution in [0.3, 0.4) is 0 Å². The number of aromatic nitrogens is 1. The fraction of sp³-hybridized carbons (Fsp3) is 0.561. The van der Waals surface area contributed by atoms with Crippen molar-refractivity contribution in [3.05, 3.63) is 76.1 Å². The topological polar surface area (TPSA) is 89.9 Å². The van der Waals surface area contributed by atoms with Gasteiger partial charge in [0.05, 0.1) is 13.2 Å². The van der Waals surface area contributed by atoms with E-state index < -0.39 is 11.5 Å². The van der Waals surface area contributed by atoms with Gasteiger partial charge < -0.3 is 24.6 Å². The molecule has 1 aromatic heterocycles. The monoisotopic (exact) mass is 686 g/mol. The van der Waals surface area contributed by atoms with Crippen LogP contribution in [0.15, 0.2) is 48.7 Å². The zero-order valence-corrected chi connectivity index (χ0v) is 30.2. The quantitative estimate of drug-likeness (QED) is 0.232. The summed E-state index contributed by atoms with van der Waals surface area (Å²) in [6, 6.07) is 13.9. The Balaban J connectivity index is 1.16. The van der Waals surface area contributed by atoms with E-state index in [4.69, 9.17) is 25.8 Å². The second-order valence-electron chi connectivity index (χ2n) is 15.7. The molecule has 2 heterocycles. The normalized spacial score (nSPS) is 28.0. The van der Waals surface area contributed by atoms with Gasteiger partial charge in [-0.2, -0.15) is 0 Å². The number of pyridine rings is 1. The van der Waals surface area contributed by atoms with Crippen molar-refractivity contribution in [2.45, 2.75) is 115 Å². The minimum atomic E-state index is -1.06. The van der Waals surface area contributed by atoms with E-state index in [-0.39, 0.29) is 11.5 Å². The molecule has 3 aromatic rings. The number of fused-ring (bicyclic) bond motifs is 4. The molecule has 1 fully saturated rings. The number of anilines is 1. The number of rotatable bonds is 9. The Morgan fingerprint density at radius 2 is 1.92 bits per heavy atom. The molecule has 49 heavy (non-hydrogen) atoms. The highest BCUT2D eigenvalue weighted by atomic mass is 35.5. The van der Waals surface area contributed by atoms with Crippen molar-refractivity contribution in [3.63, 3.8) is 0 Å². The summed E-state index contributed by atoms with van der Waals surface area (Å²) in [6.07, 6.45) is 10.7. The van der Waals surface area contributed by atoms with Gasteiger partial charge in [0.1, 0.15) is 17.4 Å². The first-order valence-corrected chi connectivity index (χ1v) is 18.8. The van der Waals surface area contributed by atoms with Crippen molar-refractivity contribution < 1.29 is 24.1 Å². The number of carboxylic acid groups (broad SMARTS) is 1. The standard InChI is InChI=1S/C41H51ClN2O5/c1-25(2)34-12-18-47-36-23-32-28(21-37(36)49-34)20-29(19-26(3)24-48-35-11-17-43-33-10-5-7-27(4)38(33)35)40(32)13-15-41(16-14-40,39(45)46)44-31-9-6-8-30(42)22-31/h6,8-9,11,17,21-23,25-27,29,34,44H,5,7,10,12-16,18-20,24H2,1-4H3,(H,45,46)/t26-,27-,29+,34+,40?,41?/m1/s1. The third-order valence-corrected chi connectivity index (χ3v) is 12.3. The fourth-order valence-electron chi connectivity index (χ4n) is 9.30. The van der Waals surface area contributed by atoms with Crippen molar-refractivity contribution in [2.75, 3.05) is 18.5 Å². The smallest absolute Gasteiger partial charge is 0.329 e. The number of carboxylic acids is 1. The zero-order chi connectivity index (χ0) is 34.3. The molecule has 7 rings (SSSR count). The number of carbonyl (C=O) groups is 1. The molecule has 7 nitrogen and oxygen atoms in total. The van der Waals surface area contributed by atoms with E-state index in [0.717, 1.165) is 61.5 Å². The summed E-state index contributed by atoms with van der Waals surface area (Å²) in [6.45, 7) is 10.3. The van der Waals surface area contributed by atoms with Gasteiger partial charge in [-0.15, -0.1) is 0 Å². The van der Waals surface area contributed by atoms with Crippen molar-refractivity contribution in [1.29, 1.82) is 0 Å². The van der Waals surface area contributed by atoms with E-state index in [1.165, 1.54) is 35.2 Å². The molecule has 0 amide bonds. The Labute approximate surface area is 296 Å². The molecule has 0 radical (unpaired) electrons. The molecule has 2 aromatic carbocycles. The van der Waals surface area contributed by atoms with Crippen LogP contribution in [0.2, 0.25) is 5.02 Å². The van der Waals surface area contributed by atoms with Crippen LogP contribution in [0.1, 0.15) is 107 Å². The molecule has 8 heteroatoms. The van der Waals surface area contributed by atoms with Crippen molar-refractivity contribution >= 4 is 23.3 Å². The van der Waals surface area contributed by atoms with Gasteiger partial charge in [-0.3, -0.25) is 4.98 Å². The lowest BCUT2D eigenvalue weighted by molar-refractivity contribution is -0.144. The molecule has 2 N–H and O–H groups in total. The number of ether oxygens (including phenoxy) is 3. The van der Waals surface area contributed by atoms with Gasteiger partial charge >= 0.3 is 5.97 Å². The van der Waals surface area contributed by atoms with Crippen LogP contribution in [0.25, 0.3) is 0 Å². The number of nitrogens with zero attached hydrogens (tertiary/aromatic N) is 1. The molecule has 0 saturated heterocycles. The molecule has 0 bridgehead atoms. The van der Waals surface area contributed by atoms with E-state index in [1.54, 1.807) is 0 Å². The van der Waals surface area contributed by atoms with E-state index >= 15 is 0 Å². The number of hydrogen-bond acceptors (Lipinski definition) is 6. The van der Waals surface area contributed by atoms with Gasteiger partial charge in [0, 0.05) is 34.6 Å². The van der Waals surface area contributed by atoms with Crippen LogP contribution in [0.4, 0.5) is 5.69 Å². The molecule has 1 spiro atoms. The maximum absolute atomic E-state index is 13.0. The Kier molecular flexibility index (Phi) is 9.51. The highest BCUT2D eigenvalue weighted by molar-refractivity contribution is 6.30. The van der Waals surface area contributed by atoms with Crippen molar-refractivity contribution in [1.82, 2.24) is 4.98 Å². The SMILES string of the molecule is CC(C)[C@@H]1CCOc2cc3c(cc2O1)C[C@H](C[C@@H](C)COc1ccnc2c1[C@H](C)CCC2)C31CCC(Nc2cccc(Cl)c2)(C(=O)O)CC1. The van der Waals surface area contributed by atoms with Crippen LogP contribution in [-0.4, -0.2) is 40.9 Å². The molecular formula is C41H51ClN2O5. The lowest BCUT2D eigenvalue weighted by atomic mass is 9.59. The molecule has 4 atom stereocenters. The molecule has 4 aliphatic rings. The lowest BCUT2D eigenvalue weighted by Gasteiger charge is -2.47. The number of benzene rings is 2. The second-order valence-corrected chi connectivity index (χ2v) is 16.1. The largest absolute Gasteiger partial charge is 0.493 e. The summed E-state index contributed by atoms with van der Waals surface area (Å²) < 4.78 is 19.5. The van der Waals surface area contributed by atoms with Gasteiger partial charge in [0.2, 0.25) is 0 Å². The summed E-state index contributed by atoms with van der Waals surface area (Å²) in [5, 5.41) is 14.6. The van der Waals surface area contributed by atoms with E-state index in [1.807, 2.05) is 36.5 Å². The maximum atomic E-state index is 13.0. The van der Waals surface area contributed by atoms with Gasteiger partial charge in [0.15, 0.2) is 11.5 Å². The molecule has 1 aliphatic heterocycles. The highest BCUT2D eigenvalue weighted by Gasteiger charge is 2.54. The summed E-state index contributed by atoms with van der Waals surface area (Å²) >= 11 is 6.29. The number of aliphatic carboxylic acids is 1. The fourth-order valence-corrected chi connectivity index (χ4v) is 9.49. The molecule has 3 aliphatic carbocycles. The van der Waals surface area contributed by atoms with E-state index in [0.29, 0.717) is 54.7 Å². The minimum Gasteiger partial charge on any atom is -0.493 e. The van der Waals surface area contributed by atoms with Crippen LogP contribution in [-0.2, 0) is 23.1 Å². The van der Waals surface area contributed by atoms with E-state index in [2.05, 4.69) is 50.1 Å². The molecule has 1 saturated carbocycles. The first-order valence-electron chi connectivity index (χ1n) is 18.4. The number of halogens is 1. The van der Waals surface area contributed by atoms with E-state index in [9.17, 15) is 9.90 Å². The summed E-state index contributed by atoms with van der Waals surface area (Å²) in [5.41, 5.74) is 4.62. The predicted octanol–water partition coefficient (Wildman–Crippen LogP) is 9.39. The number of aryl methyl sites for hydroxylation is 1. The maximum Gasteiger partial charge on any atom is 0.329 e. The van der Waals surface area contributed by atoms with Crippen molar-refractivity contribution in [2.24, 2.45) is 17.8 Å².